The van der Waals surface area contributed by atoms with Gasteiger partial charge in [-0.3, -0.25) is 4.79 Å². The molecule has 1 aromatic heterocycles. The molecule has 0 saturated carbocycles. The van der Waals surface area contributed by atoms with E-state index in [1.807, 2.05) is 49.6 Å². The number of ketones is 1. The standard InChI is InChI=1S/C15H15BrO2S/c1-10(2)18-13-5-3-4-11(6-13)15(17)8-14-7-12(16)9-19-14/h3-7,9-10H,8H2,1-2H3. The van der Waals surface area contributed by atoms with Crippen LogP contribution >= 0.6 is 27.3 Å². The number of Topliss-reactive ketones (excluding diaryl/α,β-unsaturated/α-hetero) is 1. The Hall–Kier alpha value is -1.13. The Kier molecular flexibility index (Phi) is 4.77. The van der Waals surface area contributed by atoms with E-state index in [4.69, 9.17) is 4.74 Å². The molecule has 1 heterocycles. The van der Waals surface area contributed by atoms with E-state index in [-0.39, 0.29) is 11.9 Å². The second-order valence-corrected chi connectivity index (χ2v) is 6.44. The summed E-state index contributed by atoms with van der Waals surface area (Å²) in [4.78, 5) is 13.3. The molecule has 2 aromatic rings. The molecule has 19 heavy (non-hydrogen) atoms. The maximum atomic E-state index is 12.2. The van der Waals surface area contributed by atoms with Crippen LogP contribution in [0, 0.1) is 0 Å². The molecule has 0 amide bonds. The summed E-state index contributed by atoms with van der Waals surface area (Å²) in [5.41, 5.74) is 0.697. The van der Waals surface area contributed by atoms with Gasteiger partial charge in [-0.15, -0.1) is 11.3 Å². The van der Waals surface area contributed by atoms with E-state index in [0.717, 1.165) is 15.1 Å². The summed E-state index contributed by atoms with van der Waals surface area (Å²) < 4.78 is 6.63. The second-order valence-electron chi connectivity index (χ2n) is 4.53. The van der Waals surface area contributed by atoms with E-state index in [9.17, 15) is 4.79 Å². The van der Waals surface area contributed by atoms with Crippen LogP contribution in [0.25, 0.3) is 0 Å². The lowest BCUT2D eigenvalue weighted by atomic mass is 10.1. The molecule has 1 aromatic carbocycles. The minimum Gasteiger partial charge on any atom is -0.491 e. The Balaban J connectivity index is 2.10. The van der Waals surface area contributed by atoms with E-state index < -0.39 is 0 Å². The first-order valence-electron chi connectivity index (χ1n) is 6.07. The minimum absolute atomic E-state index is 0.110. The average Bonchev–Trinajstić information content (AvgIpc) is 2.74. The van der Waals surface area contributed by atoms with Crippen LogP contribution in [-0.4, -0.2) is 11.9 Å². The summed E-state index contributed by atoms with van der Waals surface area (Å²) in [6, 6.07) is 9.36. The van der Waals surface area contributed by atoms with Gasteiger partial charge in [-0.05, 0) is 48.0 Å². The molecule has 0 radical (unpaired) electrons. The molecular formula is C15H15BrO2S. The topological polar surface area (TPSA) is 26.3 Å². The highest BCUT2D eigenvalue weighted by Crippen LogP contribution is 2.22. The Morgan fingerprint density at radius 2 is 2.16 bits per heavy atom. The molecule has 0 aliphatic carbocycles. The lowest BCUT2D eigenvalue weighted by Crippen LogP contribution is -2.07. The Labute approximate surface area is 125 Å². The number of carbonyl (C=O) groups is 1. The maximum Gasteiger partial charge on any atom is 0.168 e. The molecular weight excluding hydrogens is 324 g/mol. The van der Waals surface area contributed by atoms with Crippen LogP contribution in [0.4, 0.5) is 0 Å². The van der Waals surface area contributed by atoms with Crippen LogP contribution in [-0.2, 0) is 6.42 Å². The van der Waals surface area contributed by atoms with Crippen molar-refractivity contribution in [2.75, 3.05) is 0 Å². The van der Waals surface area contributed by atoms with Crippen molar-refractivity contribution in [3.8, 4) is 5.75 Å². The van der Waals surface area contributed by atoms with Gasteiger partial charge in [-0.25, -0.2) is 0 Å². The highest BCUT2D eigenvalue weighted by atomic mass is 79.9. The first kappa shape index (κ1) is 14.3. The fourth-order valence-corrected chi connectivity index (χ4v) is 3.17. The molecule has 0 spiro atoms. The van der Waals surface area contributed by atoms with Crippen LogP contribution in [0.2, 0.25) is 0 Å². The third kappa shape index (κ3) is 4.18. The van der Waals surface area contributed by atoms with Gasteiger partial charge in [0.1, 0.15) is 5.75 Å². The summed E-state index contributed by atoms with van der Waals surface area (Å²) in [6.07, 6.45) is 0.542. The van der Waals surface area contributed by atoms with Crippen LogP contribution < -0.4 is 4.74 Å². The van der Waals surface area contributed by atoms with Crippen molar-refractivity contribution < 1.29 is 9.53 Å². The number of benzene rings is 1. The summed E-state index contributed by atoms with van der Waals surface area (Å²) >= 11 is 4.98. The highest BCUT2D eigenvalue weighted by Gasteiger charge is 2.10. The molecule has 2 nitrogen and oxygen atoms in total. The first-order valence-corrected chi connectivity index (χ1v) is 7.74. The van der Waals surface area contributed by atoms with Crippen molar-refractivity contribution in [2.24, 2.45) is 0 Å². The number of carbonyl (C=O) groups excluding carboxylic acids is 1. The number of hydrogen-bond acceptors (Lipinski definition) is 3. The largest absolute Gasteiger partial charge is 0.491 e. The third-order valence-electron chi connectivity index (χ3n) is 2.48. The Bertz CT molecular complexity index is 575. The van der Waals surface area contributed by atoms with Gasteiger partial charge in [0.05, 0.1) is 6.10 Å². The van der Waals surface area contributed by atoms with Gasteiger partial charge in [-0.1, -0.05) is 12.1 Å². The molecule has 0 aliphatic rings. The number of hydrogen-bond donors (Lipinski definition) is 0. The quantitative estimate of drug-likeness (QED) is 0.737. The Morgan fingerprint density at radius 1 is 1.37 bits per heavy atom. The average molecular weight is 339 g/mol. The van der Waals surface area contributed by atoms with E-state index in [2.05, 4.69) is 15.9 Å². The normalized spacial score (nSPS) is 10.7. The maximum absolute atomic E-state index is 12.2. The molecule has 0 N–H and O–H groups in total. The predicted octanol–water partition coefficient (Wildman–Crippen LogP) is 4.72. The molecule has 100 valence electrons. The fourth-order valence-electron chi connectivity index (χ4n) is 1.72. The third-order valence-corrected chi connectivity index (χ3v) is 4.18. The van der Waals surface area contributed by atoms with Gasteiger partial charge in [0, 0.05) is 26.7 Å². The van der Waals surface area contributed by atoms with Crippen LogP contribution in [0.15, 0.2) is 40.2 Å². The zero-order valence-corrected chi connectivity index (χ0v) is 13.3. The van der Waals surface area contributed by atoms with Crippen molar-refractivity contribution in [2.45, 2.75) is 26.4 Å². The SMILES string of the molecule is CC(C)Oc1cccc(C(=O)Cc2cc(Br)cs2)c1. The zero-order chi connectivity index (χ0) is 13.8. The monoisotopic (exact) mass is 338 g/mol. The molecule has 0 fully saturated rings. The molecule has 0 unspecified atom stereocenters. The molecule has 0 saturated heterocycles. The van der Waals surface area contributed by atoms with Gasteiger partial charge in [0.2, 0.25) is 0 Å². The van der Waals surface area contributed by atoms with Crippen molar-refractivity contribution >= 4 is 33.0 Å². The lowest BCUT2D eigenvalue weighted by molar-refractivity contribution is 0.0993. The van der Waals surface area contributed by atoms with Gasteiger partial charge in [-0.2, -0.15) is 0 Å². The van der Waals surface area contributed by atoms with Crippen LogP contribution in [0.5, 0.6) is 5.75 Å². The summed E-state index contributed by atoms with van der Waals surface area (Å²) in [5.74, 6) is 0.858. The zero-order valence-electron chi connectivity index (χ0n) is 10.9. The van der Waals surface area contributed by atoms with Crippen molar-refractivity contribution in [3.05, 3.63) is 50.6 Å². The van der Waals surface area contributed by atoms with Gasteiger partial charge in [0.15, 0.2) is 5.78 Å². The summed E-state index contributed by atoms with van der Waals surface area (Å²) in [6.45, 7) is 3.94. The van der Waals surface area contributed by atoms with E-state index in [1.54, 1.807) is 11.3 Å². The second kappa shape index (κ2) is 6.35. The molecule has 0 aliphatic heterocycles. The number of halogens is 1. The molecule has 0 bridgehead atoms. The summed E-state index contributed by atoms with van der Waals surface area (Å²) in [7, 11) is 0. The summed E-state index contributed by atoms with van der Waals surface area (Å²) in [5, 5.41) is 1.99. The van der Waals surface area contributed by atoms with Crippen molar-refractivity contribution in [1.29, 1.82) is 0 Å². The van der Waals surface area contributed by atoms with Gasteiger partial charge >= 0.3 is 0 Å². The first-order chi connectivity index (χ1) is 9.04. The Morgan fingerprint density at radius 3 is 2.79 bits per heavy atom. The van der Waals surface area contributed by atoms with Crippen LogP contribution in [0.3, 0.4) is 0 Å². The molecule has 2 rings (SSSR count). The molecule has 4 heteroatoms. The smallest absolute Gasteiger partial charge is 0.168 e. The van der Waals surface area contributed by atoms with Gasteiger partial charge in [0.25, 0.3) is 0 Å². The van der Waals surface area contributed by atoms with E-state index in [1.165, 1.54) is 0 Å². The van der Waals surface area contributed by atoms with Crippen LogP contribution in [0.1, 0.15) is 29.1 Å². The predicted molar refractivity (Wildman–Crippen MR) is 82.3 cm³/mol. The highest BCUT2D eigenvalue weighted by molar-refractivity contribution is 9.10. The van der Waals surface area contributed by atoms with E-state index >= 15 is 0 Å². The molecule has 0 atom stereocenters. The minimum atomic E-state index is 0.110. The number of thiophene rings is 1. The lowest BCUT2D eigenvalue weighted by Gasteiger charge is -2.10. The van der Waals surface area contributed by atoms with Crippen molar-refractivity contribution in [3.63, 3.8) is 0 Å². The van der Waals surface area contributed by atoms with Crippen molar-refractivity contribution in [1.82, 2.24) is 0 Å². The van der Waals surface area contributed by atoms with Gasteiger partial charge < -0.3 is 4.74 Å². The number of rotatable bonds is 5. The van der Waals surface area contributed by atoms with E-state index in [0.29, 0.717) is 12.0 Å². The fraction of sp³-hybridized carbons (Fsp3) is 0.267. The number of ether oxygens (including phenoxy) is 1.